The average Bonchev–Trinajstić information content (AvgIpc) is 2.84. The van der Waals surface area contributed by atoms with E-state index in [0.717, 1.165) is 4.31 Å². The van der Waals surface area contributed by atoms with Gasteiger partial charge in [-0.25, -0.2) is 4.18 Å². The van der Waals surface area contributed by atoms with E-state index in [-0.39, 0.29) is 25.3 Å². The van der Waals surface area contributed by atoms with E-state index in [4.69, 9.17) is 25.7 Å². The minimum atomic E-state index is -4.16. The number of nitrogens with zero attached hydrogens (tertiary/aromatic N) is 1. The fourth-order valence-corrected chi connectivity index (χ4v) is 4.48. The van der Waals surface area contributed by atoms with Crippen LogP contribution < -0.4 is 11.5 Å². The number of nitrogens with two attached hydrogens (primary N) is 2. The lowest BCUT2D eigenvalue weighted by molar-refractivity contribution is -0.144. The molecule has 2 unspecified atom stereocenters. The third-order valence-electron chi connectivity index (χ3n) is 4.86. The van der Waals surface area contributed by atoms with E-state index in [0.29, 0.717) is 12.8 Å². The average molecular weight is 365 g/mol. The summed E-state index contributed by atoms with van der Waals surface area (Å²) in [5, 5.41) is 27.2. The first-order valence-electron chi connectivity index (χ1n) is 7.75. The molecule has 1 saturated carbocycles. The Morgan fingerprint density at radius 2 is 2.04 bits per heavy atom. The molecule has 1 saturated heterocycles. The predicted molar refractivity (Wildman–Crippen MR) is 84.9 cm³/mol. The van der Waals surface area contributed by atoms with Crippen molar-refractivity contribution in [2.45, 2.75) is 49.7 Å². The summed E-state index contributed by atoms with van der Waals surface area (Å²) in [6.07, 6.45) is 1.03. The Morgan fingerprint density at radius 3 is 2.50 bits per heavy atom. The van der Waals surface area contributed by atoms with Crippen LogP contribution in [0.1, 0.15) is 26.2 Å². The molecule has 10 nitrogen and oxygen atoms in total. The highest BCUT2D eigenvalue weighted by molar-refractivity contribution is 7.84. The van der Waals surface area contributed by atoms with Crippen molar-refractivity contribution >= 4 is 23.4 Å². The lowest BCUT2D eigenvalue weighted by Gasteiger charge is -2.25. The van der Waals surface area contributed by atoms with E-state index in [2.05, 4.69) is 0 Å². The maximum absolute atomic E-state index is 12.4. The Kier molecular flexibility index (Phi) is 5.32. The molecule has 0 bridgehead atoms. The van der Waals surface area contributed by atoms with E-state index < -0.39 is 47.0 Å². The second-order valence-corrected chi connectivity index (χ2v) is 8.45. The highest BCUT2D eigenvalue weighted by atomic mass is 32.2. The number of carbonyl (C=O) groups is 1. The zero-order chi connectivity index (χ0) is 18.3. The van der Waals surface area contributed by atoms with Crippen LogP contribution in [-0.2, 0) is 19.3 Å². The van der Waals surface area contributed by atoms with Crippen molar-refractivity contribution < 1.29 is 32.5 Å². The molecule has 0 amide bonds. The zero-order valence-corrected chi connectivity index (χ0v) is 14.3. The van der Waals surface area contributed by atoms with Gasteiger partial charge < -0.3 is 26.6 Å². The zero-order valence-electron chi connectivity index (χ0n) is 13.5. The van der Waals surface area contributed by atoms with Crippen molar-refractivity contribution in [3.8, 4) is 0 Å². The standard InChI is InChI=1S/C12H24BN3O7S/c1-11(5-9(11)14)23-24(21,22)16-6-8(3-2-4-13(19)20)12(15,7-16)10(17)18/h8-9,19-20H,2-7,14-15H2,1H3,(H,17,18)/t8-,9?,11?,12-/m0/s1. The van der Waals surface area contributed by atoms with Gasteiger partial charge in [0.1, 0.15) is 11.1 Å². The van der Waals surface area contributed by atoms with E-state index in [1.165, 1.54) is 0 Å². The lowest BCUT2D eigenvalue weighted by atomic mass is 9.78. The van der Waals surface area contributed by atoms with Crippen LogP contribution in [0.25, 0.3) is 0 Å². The molecule has 0 aromatic heterocycles. The van der Waals surface area contributed by atoms with E-state index in [1.54, 1.807) is 6.92 Å². The van der Waals surface area contributed by atoms with Crippen molar-refractivity contribution in [3.63, 3.8) is 0 Å². The monoisotopic (exact) mass is 365 g/mol. The van der Waals surface area contributed by atoms with Crippen molar-refractivity contribution in [1.29, 1.82) is 0 Å². The molecule has 2 fully saturated rings. The Labute approximate surface area is 141 Å². The van der Waals surface area contributed by atoms with E-state index >= 15 is 0 Å². The van der Waals surface area contributed by atoms with E-state index in [1.807, 2.05) is 0 Å². The molecule has 0 spiro atoms. The number of hydrogen-bond acceptors (Lipinski definition) is 8. The quantitative estimate of drug-likeness (QED) is 0.296. The summed E-state index contributed by atoms with van der Waals surface area (Å²) < 4.78 is 30.9. The van der Waals surface area contributed by atoms with Crippen LogP contribution in [-0.4, -0.2) is 71.2 Å². The van der Waals surface area contributed by atoms with Gasteiger partial charge in [-0.15, -0.1) is 0 Å². The van der Waals surface area contributed by atoms with Gasteiger partial charge in [-0.3, -0.25) is 4.79 Å². The van der Waals surface area contributed by atoms with Crippen LogP contribution >= 0.6 is 0 Å². The van der Waals surface area contributed by atoms with Gasteiger partial charge in [0.2, 0.25) is 0 Å². The molecule has 2 aliphatic rings. The SMILES string of the molecule is CC1(OS(=O)(=O)N2C[C@H](CCCB(O)O)[C@](N)(C(=O)O)C2)CC1N. The van der Waals surface area contributed by atoms with Crippen molar-refractivity contribution in [2.24, 2.45) is 17.4 Å². The smallest absolute Gasteiger partial charge is 0.451 e. The highest BCUT2D eigenvalue weighted by Crippen LogP contribution is 2.41. The first kappa shape index (κ1) is 19.6. The summed E-state index contributed by atoms with van der Waals surface area (Å²) in [6, 6.07) is -0.376. The van der Waals surface area contributed by atoms with Crippen LogP contribution in [0.2, 0.25) is 6.32 Å². The third kappa shape index (κ3) is 3.90. The van der Waals surface area contributed by atoms with Crippen LogP contribution in [0.5, 0.6) is 0 Å². The van der Waals surface area contributed by atoms with E-state index in [9.17, 15) is 18.3 Å². The fraction of sp³-hybridized carbons (Fsp3) is 0.917. The fourth-order valence-electron chi connectivity index (χ4n) is 2.97. The molecule has 0 aromatic rings. The number of aliphatic carboxylic acids is 1. The topological polar surface area (TPSA) is 176 Å². The van der Waals surface area contributed by atoms with Crippen molar-refractivity contribution in [2.75, 3.05) is 13.1 Å². The van der Waals surface area contributed by atoms with Crippen LogP contribution in [0.15, 0.2) is 0 Å². The summed E-state index contributed by atoms with van der Waals surface area (Å²) in [7, 11) is -5.65. The molecule has 138 valence electrons. The second-order valence-electron chi connectivity index (χ2n) is 6.91. The molecule has 12 heteroatoms. The normalized spacial score (nSPS) is 36.7. The van der Waals surface area contributed by atoms with Crippen LogP contribution in [0.3, 0.4) is 0 Å². The molecule has 0 radical (unpaired) electrons. The largest absolute Gasteiger partial charge is 0.480 e. The Morgan fingerprint density at radius 1 is 1.46 bits per heavy atom. The maximum Gasteiger partial charge on any atom is 0.451 e. The molecular formula is C12H24BN3O7S. The van der Waals surface area contributed by atoms with Gasteiger partial charge in [-0.05, 0) is 26.1 Å². The molecule has 24 heavy (non-hydrogen) atoms. The molecule has 2 rings (SSSR count). The van der Waals surface area contributed by atoms with Crippen molar-refractivity contribution in [1.82, 2.24) is 4.31 Å². The Balaban J connectivity index is 2.09. The maximum atomic E-state index is 12.4. The van der Waals surface area contributed by atoms with Gasteiger partial charge in [0, 0.05) is 25.0 Å². The lowest BCUT2D eigenvalue weighted by Crippen LogP contribution is -2.55. The Hall–Kier alpha value is -0.755. The number of hydrogen-bond donors (Lipinski definition) is 5. The van der Waals surface area contributed by atoms with Gasteiger partial charge in [0.25, 0.3) is 0 Å². The summed E-state index contributed by atoms with van der Waals surface area (Å²) in [6.45, 7) is 1.08. The molecular weight excluding hydrogens is 341 g/mol. The van der Waals surface area contributed by atoms with Crippen LogP contribution in [0, 0.1) is 5.92 Å². The summed E-state index contributed by atoms with van der Waals surface area (Å²) in [5.74, 6) is -1.96. The number of carboxylic acid groups (broad SMARTS) is 1. The predicted octanol–water partition coefficient (Wildman–Crippen LogP) is -2.30. The number of carboxylic acids is 1. The first-order chi connectivity index (χ1) is 10.9. The molecule has 7 N–H and O–H groups in total. The van der Waals surface area contributed by atoms with Crippen molar-refractivity contribution in [3.05, 3.63) is 0 Å². The van der Waals surface area contributed by atoms with Gasteiger partial charge in [-0.1, -0.05) is 6.42 Å². The first-order valence-corrected chi connectivity index (χ1v) is 9.12. The minimum Gasteiger partial charge on any atom is -0.480 e. The van der Waals surface area contributed by atoms with Crippen LogP contribution in [0.4, 0.5) is 0 Å². The molecule has 4 atom stereocenters. The summed E-state index contributed by atoms with van der Waals surface area (Å²) >= 11 is 0. The van der Waals surface area contributed by atoms with Gasteiger partial charge in [0.15, 0.2) is 0 Å². The van der Waals surface area contributed by atoms with Gasteiger partial charge in [-0.2, -0.15) is 12.7 Å². The minimum absolute atomic E-state index is 0.0579. The molecule has 1 aliphatic heterocycles. The molecule has 1 aliphatic carbocycles. The molecule has 0 aromatic carbocycles. The van der Waals surface area contributed by atoms with Gasteiger partial charge >= 0.3 is 23.4 Å². The summed E-state index contributed by atoms with van der Waals surface area (Å²) in [4.78, 5) is 11.5. The van der Waals surface area contributed by atoms with Gasteiger partial charge in [0.05, 0.1) is 0 Å². The summed E-state index contributed by atoms with van der Waals surface area (Å²) in [5.41, 5.74) is 8.89. The second kappa shape index (κ2) is 6.52. The molecule has 1 heterocycles. The highest BCUT2D eigenvalue weighted by Gasteiger charge is 2.57. The third-order valence-corrected chi connectivity index (χ3v) is 6.37. The number of rotatable bonds is 8. The Bertz CT molecular complexity index is 603.